The number of nitriles is 1. The summed E-state index contributed by atoms with van der Waals surface area (Å²) < 4.78 is 11.7. The van der Waals surface area contributed by atoms with E-state index < -0.39 is 11.9 Å². The Hall–Kier alpha value is -3.06. The number of methoxy groups -OCH3 is 1. The van der Waals surface area contributed by atoms with Crippen molar-refractivity contribution in [2.24, 2.45) is 0 Å². The molecule has 7 nitrogen and oxygen atoms in total. The second kappa shape index (κ2) is 9.75. The van der Waals surface area contributed by atoms with Gasteiger partial charge >= 0.3 is 5.97 Å². The first-order chi connectivity index (χ1) is 13.4. The van der Waals surface area contributed by atoms with Gasteiger partial charge in [-0.2, -0.15) is 5.26 Å². The standard InChI is InChI=1S/C20H17IN2O5/c1-3-28-17-9-12(8-16(21)18(17)27-2)7-14(11-22)19(24)23-15-6-4-5-13(10-15)20(25)26/h4-10H,3H2,1-2H3,(H,23,24)(H,25,26). The summed E-state index contributed by atoms with van der Waals surface area (Å²) in [6.45, 7) is 2.28. The Morgan fingerprint density at radius 3 is 2.68 bits per heavy atom. The molecule has 0 saturated heterocycles. The third-order valence-corrected chi connectivity index (χ3v) is 4.38. The number of ether oxygens (including phenoxy) is 2. The zero-order valence-corrected chi connectivity index (χ0v) is 17.3. The molecular formula is C20H17IN2O5. The molecule has 2 rings (SSSR count). The largest absolute Gasteiger partial charge is 0.492 e. The van der Waals surface area contributed by atoms with Crippen LogP contribution in [0.4, 0.5) is 5.69 Å². The van der Waals surface area contributed by atoms with Gasteiger partial charge in [0.05, 0.1) is 22.9 Å². The van der Waals surface area contributed by atoms with Gasteiger partial charge in [0.2, 0.25) is 0 Å². The van der Waals surface area contributed by atoms with Crippen LogP contribution in [-0.2, 0) is 4.79 Å². The maximum absolute atomic E-state index is 12.4. The van der Waals surface area contributed by atoms with E-state index in [9.17, 15) is 14.9 Å². The summed E-state index contributed by atoms with van der Waals surface area (Å²) in [5.74, 6) is -0.666. The van der Waals surface area contributed by atoms with Crippen LogP contribution < -0.4 is 14.8 Å². The summed E-state index contributed by atoms with van der Waals surface area (Å²) in [5.41, 5.74) is 0.778. The highest BCUT2D eigenvalue weighted by atomic mass is 127. The third kappa shape index (κ3) is 5.23. The van der Waals surface area contributed by atoms with Gasteiger partial charge in [0, 0.05) is 5.69 Å². The van der Waals surface area contributed by atoms with Gasteiger partial charge in [0.25, 0.3) is 5.91 Å². The van der Waals surface area contributed by atoms with Crippen LogP contribution in [0.5, 0.6) is 11.5 Å². The number of halogens is 1. The van der Waals surface area contributed by atoms with Crippen molar-refractivity contribution >= 4 is 46.2 Å². The molecular weight excluding hydrogens is 475 g/mol. The van der Waals surface area contributed by atoms with Crippen molar-refractivity contribution in [3.05, 3.63) is 56.7 Å². The van der Waals surface area contributed by atoms with Crippen molar-refractivity contribution in [3.8, 4) is 17.6 Å². The summed E-state index contributed by atoms with van der Waals surface area (Å²) in [6.07, 6.45) is 1.43. The van der Waals surface area contributed by atoms with E-state index in [0.29, 0.717) is 23.7 Å². The van der Waals surface area contributed by atoms with Gasteiger partial charge in [-0.25, -0.2) is 4.79 Å². The number of hydrogen-bond acceptors (Lipinski definition) is 5. The number of rotatable bonds is 7. The lowest BCUT2D eigenvalue weighted by atomic mass is 10.1. The predicted molar refractivity (Wildman–Crippen MR) is 113 cm³/mol. The van der Waals surface area contributed by atoms with Crippen LogP contribution in [0.3, 0.4) is 0 Å². The molecule has 0 unspecified atom stereocenters. The highest BCUT2D eigenvalue weighted by Crippen LogP contribution is 2.34. The second-order valence-corrected chi connectivity index (χ2v) is 6.64. The number of aromatic carboxylic acids is 1. The molecule has 2 aromatic carbocycles. The number of anilines is 1. The van der Waals surface area contributed by atoms with Gasteiger partial charge in [0.15, 0.2) is 11.5 Å². The normalized spacial score (nSPS) is 10.7. The summed E-state index contributed by atoms with van der Waals surface area (Å²) in [5, 5.41) is 21.0. The Balaban J connectivity index is 2.33. The van der Waals surface area contributed by atoms with Gasteiger partial charge in [-0.1, -0.05) is 6.07 Å². The number of carbonyl (C=O) groups is 2. The Bertz CT molecular complexity index is 979. The van der Waals surface area contributed by atoms with Crippen molar-refractivity contribution in [1.82, 2.24) is 0 Å². The zero-order valence-electron chi connectivity index (χ0n) is 15.2. The molecule has 1 amide bonds. The first-order valence-corrected chi connectivity index (χ1v) is 9.24. The maximum Gasteiger partial charge on any atom is 0.335 e. The minimum absolute atomic E-state index is 0.0337. The fraction of sp³-hybridized carbons (Fsp3) is 0.150. The SMILES string of the molecule is CCOc1cc(C=C(C#N)C(=O)Nc2cccc(C(=O)O)c2)cc(I)c1OC. The maximum atomic E-state index is 12.4. The van der Waals surface area contributed by atoms with Crippen LogP contribution in [0.1, 0.15) is 22.8 Å². The molecule has 0 heterocycles. The summed E-state index contributed by atoms with van der Waals surface area (Å²) in [4.78, 5) is 23.5. The van der Waals surface area contributed by atoms with Crippen molar-refractivity contribution < 1.29 is 24.2 Å². The number of carbonyl (C=O) groups excluding carboxylic acids is 1. The number of nitrogens with one attached hydrogen (secondary N) is 1. The van der Waals surface area contributed by atoms with Crippen LogP contribution >= 0.6 is 22.6 Å². The molecule has 0 aromatic heterocycles. The molecule has 8 heteroatoms. The van der Waals surface area contributed by atoms with Gasteiger partial charge < -0.3 is 19.9 Å². The second-order valence-electron chi connectivity index (χ2n) is 5.48. The highest BCUT2D eigenvalue weighted by molar-refractivity contribution is 14.1. The predicted octanol–water partition coefficient (Wildman–Crippen LogP) is 3.94. The van der Waals surface area contributed by atoms with Crippen molar-refractivity contribution in [3.63, 3.8) is 0 Å². The van der Waals surface area contributed by atoms with Gasteiger partial charge in [0.1, 0.15) is 11.6 Å². The quantitative estimate of drug-likeness (QED) is 0.345. The fourth-order valence-electron chi connectivity index (χ4n) is 2.38. The third-order valence-electron chi connectivity index (χ3n) is 3.58. The molecule has 0 saturated carbocycles. The molecule has 28 heavy (non-hydrogen) atoms. The molecule has 144 valence electrons. The van der Waals surface area contributed by atoms with Crippen LogP contribution in [0.15, 0.2) is 42.0 Å². The lowest BCUT2D eigenvalue weighted by molar-refractivity contribution is -0.112. The average molecular weight is 492 g/mol. The molecule has 2 aromatic rings. The van der Waals surface area contributed by atoms with E-state index >= 15 is 0 Å². The Morgan fingerprint density at radius 1 is 1.32 bits per heavy atom. The first kappa shape index (κ1) is 21.2. The minimum Gasteiger partial charge on any atom is -0.492 e. The molecule has 0 aliphatic carbocycles. The van der Waals surface area contributed by atoms with Gasteiger partial charge in [-0.15, -0.1) is 0 Å². The van der Waals surface area contributed by atoms with Crippen LogP contribution in [0.25, 0.3) is 6.08 Å². The fourth-order valence-corrected chi connectivity index (χ4v) is 3.22. The van der Waals surface area contributed by atoms with Crippen molar-refractivity contribution in [2.45, 2.75) is 6.92 Å². The van der Waals surface area contributed by atoms with Gasteiger partial charge in [-0.05, 0) is 71.5 Å². The molecule has 0 atom stereocenters. The molecule has 0 aliphatic heterocycles. The number of carboxylic acids is 1. The summed E-state index contributed by atoms with van der Waals surface area (Å²) in [7, 11) is 1.54. The van der Waals surface area contributed by atoms with E-state index in [1.165, 1.54) is 31.4 Å². The Kier molecular flexibility index (Phi) is 7.40. The zero-order chi connectivity index (χ0) is 20.7. The molecule has 0 bridgehead atoms. The number of hydrogen-bond donors (Lipinski definition) is 2. The molecule has 2 N–H and O–H groups in total. The van der Waals surface area contributed by atoms with E-state index in [2.05, 4.69) is 27.9 Å². The number of benzene rings is 2. The van der Waals surface area contributed by atoms with E-state index in [0.717, 1.165) is 3.57 Å². The Morgan fingerprint density at radius 2 is 2.07 bits per heavy atom. The molecule has 0 radical (unpaired) electrons. The topological polar surface area (TPSA) is 109 Å². The number of carboxylic acid groups (broad SMARTS) is 1. The molecule has 0 spiro atoms. The lowest BCUT2D eigenvalue weighted by Crippen LogP contribution is -2.14. The highest BCUT2D eigenvalue weighted by Gasteiger charge is 2.14. The van der Waals surface area contributed by atoms with Crippen molar-refractivity contribution in [2.75, 3.05) is 19.0 Å². The first-order valence-electron chi connectivity index (χ1n) is 8.16. The molecule has 0 fully saturated rings. The monoisotopic (exact) mass is 492 g/mol. The number of amides is 1. The van der Waals surface area contributed by atoms with E-state index in [1.54, 1.807) is 18.2 Å². The average Bonchev–Trinajstić information content (AvgIpc) is 2.66. The molecule has 0 aliphatic rings. The van der Waals surface area contributed by atoms with E-state index in [-0.39, 0.29) is 16.8 Å². The number of nitrogens with zero attached hydrogens (tertiary/aromatic N) is 1. The van der Waals surface area contributed by atoms with Crippen LogP contribution in [0, 0.1) is 14.9 Å². The van der Waals surface area contributed by atoms with E-state index in [4.69, 9.17) is 14.6 Å². The van der Waals surface area contributed by atoms with Crippen LogP contribution in [0.2, 0.25) is 0 Å². The summed E-state index contributed by atoms with van der Waals surface area (Å²) >= 11 is 2.08. The Labute approximate surface area is 175 Å². The lowest BCUT2D eigenvalue weighted by Gasteiger charge is -2.12. The van der Waals surface area contributed by atoms with Crippen molar-refractivity contribution in [1.29, 1.82) is 5.26 Å². The van der Waals surface area contributed by atoms with E-state index in [1.807, 2.05) is 13.0 Å². The summed E-state index contributed by atoms with van der Waals surface area (Å²) in [6, 6.07) is 11.1. The smallest absolute Gasteiger partial charge is 0.335 e. The van der Waals surface area contributed by atoms with Crippen LogP contribution in [-0.4, -0.2) is 30.7 Å². The minimum atomic E-state index is -1.11. The van der Waals surface area contributed by atoms with Gasteiger partial charge in [-0.3, -0.25) is 4.79 Å².